The van der Waals surface area contributed by atoms with E-state index >= 15 is 0 Å². The van der Waals surface area contributed by atoms with Gasteiger partial charge < -0.3 is 14.3 Å². The normalized spacial score (nSPS) is 11.9. The molecule has 0 fully saturated rings. The van der Waals surface area contributed by atoms with Crippen LogP contribution >= 0.6 is 12.2 Å². The summed E-state index contributed by atoms with van der Waals surface area (Å²) in [4.78, 5) is 3.06. The van der Waals surface area contributed by atoms with Crippen LogP contribution in [0.5, 0.6) is 5.75 Å². The fourth-order valence-corrected chi connectivity index (χ4v) is 2.96. The predicted octanol–water partition coefficient (Wildman–Crippen LogP) is 2.14. The quantitative estimate of drug-likeness (QED) is 0.859. The van der Waals surface area contributed by atoms with E-state index in [1.165, 1.54) is 0 Å². The van der Waals surface area contributed by atoms with Crippen molar-refractivity contribution in [3.8, 4) is 5.75 Å². The summed E-state index contributed by atoms with van der Waals surface area (Å²) in [7, 11) is -1.42. The van der Waals surface area contributed by atoms with Gasteiger partial charge in [-0.2, -0.15) is 0 Å². The first-order valence-corrected chi connectivity index (χ1v) is 8.17. The number of hydrogen-bond acceptors (Lipinski definition) is 4. The van der Waals surface area contributed by atoms with Gasteiger partial charge in [-0.3, -0.25) is 0 Å². The lowest BCUT2D eigenvalue weighted by Crippen LogP contribution is -2.14. The van der Waals surface area contributed by atoms with Crippen LogP contribution < -0.4 is 4.74 Å². The topological polar surface area (TPSA) is 64.1 Å². The zero-order valence-corrected chi connectivity index (χ0v) is 12.5. The van der Waals surface area contributed by atoms with Gasteiger partial charge in [-0.15, -0.1) is 0 Å². The molecule has 0 aliphatic heterocycles. The highest BCUT2D eigenvalue weighted by Crippen LogP contribution is 2.24. The van der Waals surface area contributed by atoms with Crippen molar-refractivity contribution in [1.29, 1.82) is 0 Å². The Kier molecular flexibility index (Phi) is 3.96. The molecule has 0 radical (unpaired) electrons. The maximum Gasteiger partial charge on any atom is 0.178 e. The molecule has 2 aromatic rings. The molecule has 0 aliphatic rings. The summed E-state index contributed by atoms with van der Waals surface area (Å²) in [5, 5.41) is 0. The number of nitrogens with one attached hydrogen (secondary N) is 1. The van der Waals surface area contributed by atoms with Crippen LogP contribution in [-0.4, -0.2) is 36.6 Å². The first kappa shape index (κ1) is 14.1. The molecule has 2 rings (SSSR count). The van der Waals surface area contributed by atoms with Crippen LogP contribution in [0.4, 0.5) is 0 Å². The van der Waals surface area contributed by atoms with Gasteiger partial charge in [-0.25, -0.2) is 8.42 Å². The number of ether oxygens (including phenoxy) is 1. The molecule has 1 N–H and O–H groups in total. The summed E-state index contributed by atoms with van der Waals surface area (Å²) in [6.45, 7) is 2.00. The minimum atomic E-state index is -3.01. The molecular formula is C12H16N2O3S2. The van der Waals surface area contributed by atoms with Crippen LogP contribution in [0.25, 0.3) is 11.0 Å². The summed E-state index contributed by atoms with van der Waals surface area (Å²) in [5.41, 5.74) is 1.65. The van der Waals surface area contributed by atoms with E-state index in [0.717, 1.165) is 11.0 Å². The second kappa shape index (κ2) is 5.34. The molecule has 104 valence electrons. The maximum absolute atomic E-state index is 11.6. The van der Waals surface area contributed by atoms with E-state index in [-0.39, 0.29) is 11.5 Å². The smallest absolute Gasteiger partial charge is 0.178 e. The third-order valence-electron chi connectivity index (χ3n) is 3.06. The zero-order chi connectivity index (χ0) is 14.0. The molecule has 0 aliphatic carbocycles. The van der Waals surface area contributed by atoms with E-state index in [1.807, 2.05) is 18.2 Å². The van der Waals surface area contributed by atoms with Crippen molar-refractivity contribution in [2.45, 2.75) is 13.5 Å². The van der Waals surface area contributed by atoms with Crippen molar-refractivity contribution in [3.05, 3.63) is 23.0 Å². The van der Waals surface area contributed by atoms with Crippen LogP contribution in [0.2, 0.25) is 0 Å². The molecule has 7 heteroatoms. The number of aromatic nitrogens is 2. The van der Waals surface area contributed by atoms with Gasteiger partial charge in [-0.05, 0) is 24.4 Å². The second-order valence-corrected chi connectivity index (χ2v) is 7.03. The van der Waals surface area contributed by atoms with Crippen LogP contribution in [0.1, 0.15) is 6.92 Å². The Morgan fingerprint density at radius 3 is 2.79 bits per heavy atom. The monoisotopic (exact) mass is 300 g/mol. The summed E-state index contributed by atoms with van der Waals surface area (Å²) >= 11 is 5.24. The molecule has 0 amide bonds. The third kappa shape index (κ3) is 2.82. The largest absolute Gasteiger partial charge is 0.494 e. The number of nitrogens with zero attached hydrogens (tertiary/aromatic N) is 1. The Balaban J connectivity index is 2.44. The van der Waals surface area contributed by atoms with Gasteiger partial charge in [0.1, 0.15) is 11.3 Å². The van der Waals surface area contributed by atoms with Gasteiger partial charge in [0.2, 0.25) is 0 Å². The van der Waals surface area contributed by atoms with E-state index < -0.39 is 9.84 Å². The molecule has 0 atom stereocenters. The molecule has 1 aromatic carbocycles. The van der Waals surface area contributed by atoms with Gasteiger partial charge in [-0.1, -0.05) is 13.0 Å². The fourth-order valence-electron chi connectivity index (χ4n) is 1.92. The molecule has 0 unspecified atom stereocenters. The third-order valence-corrected chi connectivity index (χ3v) is 5.06. The fraction of sp³-hybridized carbons (Fsp3) is 0.417. The van der Waals surface area contributed by atoms with E-state index in [1.54, 1.807) is 18.6 Å². The summed E-state index contributed by atoms with van der Waals surface area (Å²) in [6.07, 6.45) is 0. The molecule has 19 heavy (non-hydrogen) atoms. The van der Waals surface area contributed by atoms with Crippen LogP contribution in [0.3, 0.4) is 0 Å². The zero-order valence-electron chi connectivity index (χ0n) is 10.8. The number of aromatic amines is 1. The number of aryl methyl sites for hydroxylation is 1. The Morgan fingerprint density at radius 1 is 1.42 bits per heavy atom. The van der Waals surface area contributed by atoms with Crippen LogP contribution in [0, 0.1) is 4.77 Å². The molecule has 5 nitrogen and oxygen atoms in total. The van der Waals surface area contributed by atoms with Gasteiger partial charge in [0.05, 0.1) is 18.4 Å². The minimum absolute atomic E-state index is 0.0853. The maximum atomic E-state index is 11.6. The first-order valence-electron chi connectivity index (χ1n) is 5.94. The van der Waals surface area contributed by atoms with Crippen molar-refractivity contribution in [2.24, 2.45) is 0 Å². The highest BCUT2D eigenvalue weighted by atomic mass is 32.2. The number of hydrogen-bond donors (Lipinski definition) is 1. The van der Waals surface area contributed by atoms with Crippen LogP contribution in [0.15, 0.2) is 18.2 Å². The summed E-state index contributed by atoms with van der Waals surface area (Å²) in [5.74, 6) is 0.925. The molecule has 0 saturated carbocycles. The highest BCUT2D eigenvalue weighted by molar-refractivity contribution is 7.91. The van der Waals surface area contributed by atoms with E-state index in [9.17, 15) is 8.42 Å². The lowest BCUT2D eigenvalue weighted by Gasteiger charge is -2.05. The Morgan fingerprint density at radius 2 is 2.16 bits per heavy atom. The number of methoxy groups -OCH3 is 1. The van der Waals surface area contributed by atoms with Crippen molar-refractivity contribution in [1.82, 2.24) is 9.55 Å². The van der Waals surface area contributed by atoms with Gasteiger partial charge >= 0.3 is 0 Å². The average molecular weight is 300 g/mol. The average Bonchev–Trinajstić information content (AvgIpc) is 2.72. The number of benzene rings is 1. The number of sulfone groups is 1. The van der Waals surface area contributed by atoms with E-state index in [0.29, 0.717) is 17.1 Å². The molecular weight excluding hydrogens is 284 g/mol. The van der Waals surface area contributed by atoms with E-state index in [4.69, 9.17) is 17.0 Å². The number of rotatable bonds is 5. The van der Waals surface area contributed by atoms with Crippen molar-refractivity contribution in [3.63, 3.8) is 0 Å². The number of H-pyrrole nitrogens is 1. The highest BCUT2D eigenvalue weighted by Gasteiger charge is 2.12. The second-order valence-electron chi connectivity index (χ2n) is 4.17. The number of imidazole rings is 1. The van der Waals surface area contributed by atoms with Crippen molar-refractivity contribution < 1.29 is 13.2 Å². The lowest BCUT2D eigenvalue weighted by molar-refractivity contribution is 0.419. The molecule has 1 aromatic heterocycles. The van der Waals surface area contributed by atoms with Crippen molar-refractivity contribution >= 4 is 33.1 Å². The van der Waals surface area contributed by atoms with Gasteiger partial charge in [0.15, 0.2) is 14.6 Å². The first-order chi connectivity index (χ1) is 8.98. The summed E-state index contributed by atoms with van der Waals surface area (Å²) in [6, 6.07) is 5.58. The molecule has 0 bridgehead atoms. The number of fused-ring (bicyclic) bond motifs is 1. The molecule has 0 spiro atoms. The SMILES string of the molecule is CCS(=O)(=O)CCn1c(=S)[nH]c2c(OC)cccc21. The molecule has 0 saturated heterocycles. The predicted molar refractivity (Wildman–Crippen MR) is 78.0 cm³/mol. The lowest BCUT2D eigenvalue weighted by atomic mass is 10.3. The standard InChI is InChI=1S/C12H16N2O3S2/c1-3-19(15,16)8-7-14-9-5-4-6-10(17-2)11(9)13-12(14)18/h4-6H,3,7-8H2,1-2H3,(H,13,18). The van der Waals surface area contributed by atoms with E-state index in [2.05, 4.69) is 4.98 Å². The van der Waals surface area contributed by atoms with Gasteiger partial charge in [0, 0.05) is 12.3 Å². The Hall–Kier alpha value is -1.34. The van der Waals surface area contributed by atoms with Crippen molar-refractivity contribution in [2.75, 3.05) is 18.6 Å². The Labute approximate surface area is 117 Å². The minimum Gasteiger partial charge on any atom is -0.494 e. The summed E-state index contributed by atoms with van der Waals surface area (Å²) < 4.78 is 30.7. The van der Waals surface area contributed by atoms with Crippen LogP contribution in [-0.2, 0) is 16.4 Å². The number of para-hydroxylation sites is 1. The Bertz CT molecular complexity index is 744. The molecule has 1 heterocycles. The van der Waals surface area contributed by atoms with Gasteiger partial charge in [0.25, 0.3) is 0 Å².